The minimum Gasteiger partial charge on any atom is -0.258 e. The smallest absolute Gasteiger partial charge is 0.258 e. The zero-order valence-corrected chi connectivity index (χ0v) is 8.29. The summed E-state index contributed by atoms with van der Waals surface area (Å²) in [6.45, 7) is 0. The van der Waals surface area contributed by atoms with Crippen LogP contribution in [0.2, 0.25) is 0 Å². The minimum absolute atomic E-state index is 0.192. The van der Waals surface area contributed by atoms with Crippen molar-refractivity contribution < 1.29 is 4.92 Å². The van der Waals surface area contributed by atoms with Gasteiger partial charge in [0.05, 0.1) is 22.1 Å². The van der Waals surface area contributed by atoms with E-state index in [4.69, 9.17) is 28.5 Å². The molecule has 0 aromatic heterocycles. The lowest BCUT2D eigenvalue weighted by atomic mass is 10.1. The maximum Gasteiger partial charge on any atom is 0.276 e. The van der Waals surface area contributed by atoms with E-state index in [1.54, 1.807) is 6.07 Å². The second kappa shape index (κ2) is 4.27. The summed E-state index contributed by atoms with van der Waals surface area (Å²) < 4.78 is 0. The van der Waals surface area contributed by atoms with Crippen LogP contribution < -0.4 is 0 Å². The Morgan fingerprint density at radius 3 is 2.57 bits per heavy atom. The predicted molar refractivity (Wildman–Crippen MR) is 52.3 cm³/mol. The van der Waals surface area contributed by atoms with E-state index in [1.807, 2.05) is 0 Å². The first-order valence-electron chi connectivity index (χ1n) is 3.53. The second-order valence-electron chi connectivity index (χ2n) is 2.44. The van der Waals surface area contributed by atoms with Crippen molar-refractivity contribution >= 4 is 28.9 Å². The lowest BCUT2D eigenvalue weighted by Crippen LogP contribution is -1.95. The fourth-order valence-electron chi connectivity index (χ4n) is 0.956. The highest BCUT2D eigenvalue weighted by molar-refractivity contribution is 6.44. The summed E-state index contributed by atoms with van der Waals surface area (Å²) in [4.78, 5) is 8.99. The lowest BCUT2D eigenvalue weighted by molar-refractivity contribution is -0.385. The number of benzene rings is 1. The molecule has 0 bridgehead atoms. The highest BCUT2D eigenvalue weighted by atomic mass is 35.5. The van der Waals surface area contributed by atoms with Crippen molar-refractivity contribution in [3.05, 3.63) is 39.4 Å². The highest BCUT2D eigenvalue weighted by Gasteiger charge is 2.19. The minimum atomic E-state index is -0.969. The van der Waals surface area contributed by atoms with Gasteiger partial charge in [-0.15, -0.1) is 0 Å². The van der Waals surface area contributed by atoms with Crippen LogP contribution in [-0.2, 0) is 0 Å². The van der Waals surface area contributed by atoms with Crippen LogP contribution >= 0.6 is 23.2 Å². The van der Waals surface area contributed by atoms with Crippen molar-refractivity contribution in [3.63, 3.8) is 0 Å². The molecule has 0 fully saturated rings. The molecule has 0 saturated heterocycles. The molecule has 0 amide bonds. The Morgan fingerprint density at radius 1 is 1.50 bits per heavy atom. The SMILES string of the molecule is N#Cc1ccc(C(Cl)Cl)c([N+](=O)[O-])c1. The van der Waals surface area contributed by atoms with Gasteiger partial charge in [0.25, 0.3) is 5.69 Å². The molecule has 1 rings (SSSR count). The first-order chi connectivity index (χ1) is 6.56. The third kappa shape index (κ3) is 2.13. The Bertz CT molecular complexity index is 412. The Balaban J connectivity index is 3.33. The topological polar surface area (TPSA) is 66.9 Å². The molecule has 0 aliphatic heterocycles. The van der Waals surface area contributed by atoms with Crippen LogP contribution in [0.25, 0.3) is 0 Å². The number of nitro groups is 1. The normalized spacial score (nSPS) is 9.86. The zero-order chi connectivity index (χ0) is 10.7. The average molecular weight is 231 g/mol. The molecule has 1 aromatic rings. The van der Waals surface area contributed by atoms with Gasteiger partial charge in [0.1, 0.15) is 4.84 Å². The maximum absolute atomic E-state index is 10.6. The van der Waals surface area contributed by atoms with Crippen LogP contribution in [-0.4, -0.2) is 4.92 Å². The molecule has 0 N–H and O–H groups in total. The molecule has 0 aliphatic carbocycles. The van der Waals surface area contributed by atoms with E-state index in [0.29, 0.717) is 0 Å². The summed E-state index contributed by atoms with van der Waals surface area (Å²) in [5.41, 5.74) is 0.158. The molecule has 0 spiro atoms. The monoisotopic (exact) mass is 230 g/mol. The number of alkyl halides is 2. The van der Waals surface area contributed by atoms with Gasteiger partial charge in [0.2, 0.25) is 0 Å². The number of nitro benzene ring substituents is 1. The predicted octanol–water partition coefficient (Wildman–Crippen LogP) is 2.94. The van der Waals surface area contributed by atoms with Gasteiger partial charge < -0.3 is 0 Å². The molecule has 14 heavy (non-hydrogen) atoms. The van der Waals surface area contributed by atoms with Gasteiger partial charge in [0, 0.05) is 6.07 Å². The van der Waals surface area contributed by atoms with Crippen molar-refractivity contribution in [2.24, 2.45) is 0 Å². The quantitative estimate of drug-likeness (QED) is 0.446. The fourth-order valence-corrected chi connectivity index (χ4v) is 1.32. The molecular weight excluding hydrogens is 227 g/mol. The summed E-state index contributed by atoms with van der Waals surface area (Å²) in [7, 11) is 0. The van der Waals surface area contributed by atoms with E-state index in [1.165, 1.54) is 12.1 Å². The molecule has 6 heteroatoms. The van der Waals surface area contributed by atoms with Gasteiger partial charge >= 0.3 is 0 Å². The van der Waals surface area contributed by atoms with Gasteiger partial charge in [-0.05, 0) is 12.1 Å². The number of hydrogen-bond donors (Lipinski definition) is 0. The Hall–Kier alpha value is -1.31. The highest BCUT2D eigenvalue weighted by Crippen LogP contribution is 2.32. The summed E-state index contributed by atoms with van der Waals surface area (Å²) >= 11 is 11.1. The summed E-state index contributed by atoms with van der Waals surface area (Å²) in [6, 6.07) is 5.75. The maximum atomic E-state index is 10.6. The van der Waals surface area contributed by atoms with Crippen LogP contribution in [0.5, 0.6) is 0 Å². The van der Waals surface area contributed by atoms with Crippen LogP contribution in [0.3, 0.4) is 0 Å². The van der Waals surface area contributed by atoms with E-state index in [9.17, 15) is 10.1 Å². The summed E-state index contributed by atoms with van der Waals surface area (Å²) in [5, 5.41) is 19.1. The standard InChI is InChI=1S/C8H4Cl2N2O2/c9-8(10)6-2-1-5(4-11)3-7(6)12(13)14/h1-3,8H. The van der Waals surface area contributed by atoms with E-state index < -0.39 is 9.76 Å². The molecule has 1 aromatic carbocycles. The van der Waals surface area contributed by atoms with Gasteiger partial charge in [-0.2, -0.15) is 5.26 Å². The average Bonchev–Trinajstić information content (AvgIpc) is 2.16. The molecule has 0 aliphatic rings. The van der Waals surface area contributed by atoms with Crippen molar-refractivity contribution in [2.45, 2.75) is 4.84 Å². The molecule has 0 radical (unpaired) electrons. The van der Waals surface area contributed by atoms with Crippen molar-refractivity contribution in [1.29, 1.82) is 5.26 Å². The third-order valence-electron chi connectivity index (χ3n) is 1.59. The Kier molecular flexibility index (Phi) is 3.28. The number of hydrogen-bond acceptors (Lipinski definition) is 3. The molecule has 0 atom stereocenters. The van der Waals surface area contributed by atoms with Gasteiger partial charge in [0.15, 0.2) is 0 Å². The molecular formula is C8H4Cl2N2O2. The van der Waals surface area contributed by atoms with Crippen molar-refractivity contribution in [2.75, 3.05) is 0 Å². The van der Waals surface area contributed by atoms with Gasteiger partial charge in [-0.1, -0.05) is 23.2 Å². The van der Waals surface area contributed by atoms with Crippen molar-refractivity contribution in [1.82, 2.24) is 0 Å². The molecule has 4 nitrogen and oxygen atoms in total. The van der Waals surface area contributed by atoms with E-state index >= 15 is 0 Å². The van der Waals surface area contributed by atoms with E-state index in [-0.39, 0.29) is 16.8 Å². The van der Waals surface area contributed by atoms with Gasteiger partial charge in [-0.25, -0.2) is 0 Å². The van der Waals surface area contributed by atoms with Crippen LogP contribution in [0.15, 0.2) is 18.2 Å². The zero-order valence-electron chi connectivity index (χ0n) is 6.78. The number of nitrogens with zero attached hydrogens (tertiary/aromatic N) is 2. The Morgan fingerprint density at radius 2 is 2.14 bits per heavy atom. The lowest BCUT2D eigenvalue weighted by Gasteiger charge is -2.02. The number of nitriles is 1. The first kappa shape index (κ1) is 10.8. The third-order valence-corrected chi connectivity index (χ3v) is 2.06. The summed E-state index contributed by atoms with van der Waals surface area (Å²) in [6.07, 6.45) is 0. The number of halogens is 2. The van der Waals surface area contributed by atoms with Crippen LogP contribution in [0, 0.1) is 21.4 Å². The molecule has 0 saturated carbocycles. The Labute approximate surface area is 89.8 Å². The van der Waals surface area contributed by atoms with Crippen LogP contribution in [0.4, 0.5) is 5.69 Å². The molecule has 0 heterocycles. The van der Waals surface area contributed by atoms with Crippen LogP contribution in [0.1, 0.15) is 16.0 Å². The molecule has 0 unspecified atom stereocenters. The van der Waals surface area contributed by atoms with E-state index in [0.717, 1.165) is 6.07 Å². The fraction of sp³-hybridized carbons (Fsp3) is 0.125. The number of rotatable bonds is 2. The largest absolute Gasteiger partial charge is 0.276 e. The second-order valence-corrected chi connectivity index (χ2v) is 3.54. The van der Waals surface area contributed by atoms with Crippen molar-refractivity contribution in [3.8, 4) is 6.07 Å². The first-order valence-corrected chi connectivity index (χ1v) is 4.40. The summed E-state index contributed by atoms with van der Waals surface area (Å²) in [5.74, 6) is 0. The van der Waals surface area contributed by atoms with Gasteiger partial charge in [-0.3, -0.25) is 10.1 Å². The molecule has 72 valence electrons. The van der Waals surface area contributed by atoms with E-state index in [2.05, 4.69) is 0 Å².